The molecule has 0 aromatic heterocycles. The van der Waals surface area contributed by atoms with E-state index in [9.17, 15) is 10.1 Å². The number of hydrogen-bond donors (Lipinski definition) is 1. The Morgan fingerprint density at radius 3 is 2.79 bits per heavy atom. The largest absolute Gasteiger partial charge is 0.494 e. The van der Waals surface area contributed by atoms with E-state index in [2.05, 4.69) is 5.32 Å². The van der Waals surface area contributed by atoms with Crippen molar-refractivity contribution in [1.82, 2.24) is 0 Å². The minimum absolute atomic E-state index is 0.0115. The van der Waals surface area contributed by atoms with E-state index >= 15 is 0 Å². The molecule has 0 saturated heterocycles. The number of anilines is 1. The van der Waals surface area contributed by atoms with Gasteiger partial charge in [0.05, 0.1) is 17.3 Å². The first-order chi connectivity index (χ1) is 11.6. The highest BCUT2D eigenvalue weighted by Crippen LogP contribution is 2.22. The third-order valence-electron chi connectivity index (χ3n) is 3.13. The van der Waals surface area contributed by atoms with Gasteiger partial charge in [-0.25, -0.2) is 0 Å². The van der Waals surface area contributed by atoms with E-state index in [1.807, 2.05) is 25.1 Å². The van der Waals surface area contributed by atoms with Crippen LogP contribution in [0.1, 0.15) is 18.9 Å². The van der Waals surface area contributed by atoms with Crippen LogP contribution in [-0.4, -0.2) is 12.5 Å². The van der Waals surface area contributed by atoms with Crippen molar-refractivity contribution in [3.8, 4) is 11.8 Å². The Kier molecular flexibility index (Phi) is 6.41. The number of nitrogens with zero attached hydrogens (tertiary/aromatic N) is 1. The Bertz CT molecular complexity index is 794. The van der Waals surface area contributed by atoms with Crippen LogP contribution in [0.25, 0.3) is 6.08 Å². The molecule has 0 aliphatic carbocycles. The van der Waals surface area contributed by atoms with Crippen molar-refractivity contribution in [2.45, 2.75) is 13.3 Å². The monoisotopic (exact) mass is 340 g/mol. The fraction of sp³-hybridized carbons (Fsp3) is 0.158. The second-order valence-electron chi connectivity index (χ2n) is 5.02. The summed E-state index contributed by atoms with van der Waals surface area (Å²) < 4.78 is 5.55. The zero-order valence-corrected chi connectivity index (χ0v) is 14.0. The number of nitriles is 1. The summed E-state index contributed by atoms with van der Waals surface area (Å²) in [6.45, 7) is 2.64. The summed E-state index contributed by atoms with van der Waals surface area (Å²) in [6, 6.07) is 16.0. The Morgan fingerprint density at radius 2 is 2.08 bits per heavy atom. The van der Waals surface area contributed by atoms with Gasteiger partial charge in [-0.1, -0.05) is 42.8 Å². The van der Waals surface area contributed by atoms with Gasteiger partial charge in [-0.2, -0.15) is 5.26 Å². The molecule has 2 rings (SSSR count). The number of nitrogens with one attached hydrogen (secondary N) is 1. The summed E-state index contributed by atoms with van der Waals surface area (Å²) in [7, 11) is 0. The highest BCUT2D eigenvalue weighted by atomic mass is 35.5. The van der Waals surface area contributed by atoms with Gasteiger partial charge < -0.3 is 10.1 Å². The average Bonchev–Trinajstić information content (AvgIpc) is 2.60. The zero-order valence-electron chi connectivity index (χ0n) is 13.3. The van der Waals surface area contributed by atoms with E-state index in [4.69, 9.17) is 16.3 Å². The standard InChI is InChI=1S/C19H17ClN2O2/c1-2-10-24-16-7-5-6-14(12-16)11-15(13-21)19(23)22-18-9-4-3-8-17(18)20/h3-9,11-12H,2,10H2,1H3,(H,22,23)/b15-11-. The molecule has 0 saturated carbocycles. The highest BCUT2D eigenvalue weighted by Gasteiger charge is 2.11. The van der Waals surface area contributed by atoms with Crippen LogP contribution in [0.5, 0.6) is 5.75 Å². The van der Waals surface area contributed by atoms with Gasteiger partial charge in [-0.05, 0) is 42.3 Å². The second kappa shape index (κ2) is 8.76. The van der Waals surface area contributed by atoms with Gasteiger partial charge in [-0.3, -0.25) is 4.79 Å². The Balaban J connectivity index is 2.18. The molecular formula is C19H17ClN2O2. The van der Waals surface area contributed by atoms with E-state index in [0.717, 1.165) is 12.0 Å². The SMILES string of the molecule is CCCOc1cccc(/C=C(/C#N)C(=O)Nc2ccccc2Cl)c1. The maximum absolute atomic E-state index is 12.3. The second-order valence-corrected chi connectivity index (χ2v) is 5.43. The molecule has 0 bridgehead atoms. The minimum atomic E-state index is -0.509. The number of rotatable bonds is 6. The molecule has 2 aromatic rings. The van der Waals surface area contributed by atoms with Crippen molar-refractivity contribution in [3.63, 3.8) is 0 Å². The smallest absolute Gasteiger partial charge is 0.266 e. The van der Waals surface area contributed by atoms with Crippen LogP contribution in [0.3, 0.4) is 0 Å². The molecule has 5 heteroatoms. The van der Waals surface area contributed by atoms with Crippen LogP contribution in [0.15, 0.2) is 54.1 Å². The number of ether oxygens (including phenoxy) is 1. The number of benzene rings is 2. The Hall–Kier alpha value is -2.77. The summed E-state index contributed by atoms with van der Waals surface area (Å²) in [5.74, 6) is 0.194. The average molecular weight is 341 g/mol. The van der Waals surface area contributed by atoms with Crippen LogP contribution < -0.4 is 10.1 Å². The molecule has 0 atom stereocenters. The van der Waals surface area contributed by atoms with Crippen molar-refractivity contribution in [1.29, 1.82) is 5.26 Å². The van der Waals surface area contributed by atoms with E-state index < -0.39 is 5.91 Å². The van der Waals surface area contributed by atoms with Gasteiger partial charge in [0, 0.05) is 0 Å². The lowest BCUT2D eigenvalue weighted by atomic mass is 10.1. The van der Waals surface area contributed by atoms with Gasteiger partial charge >= 0.3 is 0 Å². The van der Waals surface area contributed by atoms with Gasteiger partial charge in [0.25, 0.3) is 5.91 Å². The van der Waals surface area contributed by atoms with Crippen LogP contribution in [0.2, 0.25) is 5.02 Å². The van der Waals surface area contributed by atoms with Crippen molar-refractivity contribution < 1.29 is 9.53 Å². The third kappa shape index (κ3) is 4.87. The number of carbonyl (C=O) groups excluding carboxylic acids is 1. The zero-order chi connectivity index (χ0) is 17.4. The Morgan fingerprint density at radius 1 is 1.29 bits per heavy atom. The lowest BCUT2D eigenvalue weighted by Gasteiger charge is -2.07. The van der Waals surface area contributed by atoms with Crippen LogP contribution >= 0.6 is 11.6 Å². The van der Waals surface area contributed by atoms with Gasteiger partial charge in [-0.15, -0.1) is 0 Å². The summed E-state index contributed by atoms with van der Waals surface area (Å²) >= 11 is 6.01. The molecule has 0 aliphatic heterocycles. The fourth-order valence-electron chi connectivity index (χ4n) is 1.98. The minimum Gasteiger partial charge on any atom is -0.494 e. The van der Waals surface area contributed by atoms with Crippen LogP contribution in [-0.2, 0) is 4.79 Å². The summed E-state index contributed by atoms with van der Waals surface area (Å²) in [6.07, 6.45) is 2.43. The molecule has 122 valence electrons. The lowest BCUT2D eigenvalue weighted by Crippen LogP contribution is -2.13. The summed E-state index contributed by atoms with van der Waals surface area (Å²) in [5.41, 5.74) is 1.17. The predicted octanol–water partition coefficient (Wildman–Crippen LogP) is 4.67. The maximum Gasteiger partial charge on any atom is 0.266 e. The molecule has 1 amide bonds. The van der Waals surface area contributed by atoms with E-state index in [-0.39, 0.29) is 5.57 Å². The van der Waals surface area contributed by atoms with Crippen LogP contribution in [0.4, 0.5) is 5.69 Å². The third-order valence-corrected chi connectivity index (χ3v) is 3.46. The first kappa shape index (κ1) is 17.6. The molecule has 2 aromatic carbocycles. The Labute approximate surface area is 146 Å². The van der Waals surface area contributed by atoms with Crippen LogP contribution in [0, 0.1) is 11.3 Å². The molecule has 1 N–H and O–H groups in total. The molecule has 0 unspecified atom stereocenters. The molecule has 0 aliphatic rings. The maximum atomic E-state index is 12.3. The molecule has 0 heterocycles. The quantitative estimate of drug-likeness (QED) is 0.613. The number of para-hydroxylation sites is 1. The number of carbonyl (C=O) groups is 1. The topological polar surface area (TPSA) is 62.1 Å². The predicted molar refractivity (Wildman–Crippen MR) is 95.9 cm³/mol. The van der Waals surface area contributed by atoms with E-state index in [1.165, 1.54) is 6.08 Å². The number of halogens is 1. The fourth-order valence-corrected chi connectivity index (χ4v) is 2.16. The van der Waals surface area contributed by atoms with Crippen molar-refractivity contribution in [3.05, 3.63) is 64.7 Å². The van der Waals surface area contributed by atoms with Gasteiger partial charge in [0.1, 0.15) is 17.4 Å². The molecule has 4 nitrogen and oxygen atoms in total. The van der Waals surface area contributed by atoms with Gasteiger partial charge in [0.2, 0.25) is 0 Å². The lowest BCUT2D eigenvalue weighted by molar-refractivity contribution is -0.112. The van der Waals surface area contributed by atoms with Crippen molar-refractivity contribution >= 4 is 29.3 Å². The molecule has 0 radical (unpaired) electrons. The molecule has 0 spiro atoms. The van der Waals surface area contributed by atoms with Crippen molar-refractivity contribution in [2.24, 2.45) is 0 Å². The van der Waals surface area contributed by atoms with Crippen molar-refractivity contribution in [2.75, 3.05) is 11.9 Å². The normalized spacial score (nSPS) is 10.8. The first-order valence-corrected chi connectivity index (χ1v) is 7.92. The summed E-state index contributed by atoms with van der Waals surface area (Å²) in [4.78, 5) is 12.3. The number of amides is 1. The van der Waals surface area contributed by atoms with Gasteiger partial charge in [0.15, 0.2) is 0 Å². The number of hydrogen-bond acceptors (Lipinski definition) is 3. The highest BCUT2D eigenvalue weighted by molar-refractivity contribution is 6.34. The molecule has 0 fully saturated rings. The molecular weight excluding hydrogens is 324 g/mol. The first-order valence-electron chi connectivity index (χ1n) is 7.54. The van der Waals surface area contributed by atoms with E-state index in [1.54, 1.807) is 36.4 Å². The molecule has 24 heavy (non-hydrogen) atoms. The summed E-state index contributed by atoms with van der Waals surface area (Å²) in [5, 5.41) is 12.3. The van der Waals surface area contributed by atoms with E-state index in [0.29, 0.717) is 23.1 Å².